The van der Waals surface area contributed by atoms with Gasteiger partial charge < -0.3 is 20.3 Å². The summed E-state index contributed by atoms with van der Waals surface area (Å²) in [7, 11) is 0. The van der Waals surface area contributed by atoms with Gasteiger partial charge in [0.25, 0.3) is 11.8 Å². The number of aliphatic hydroxyl groups is 1. The molecule has 3 aromatic carbocycles. The second-order valence-corrected chi connectivity index (χ2v) is 8.59. The molecule has 182 valence electrons. The second-order valence-electron chi connectivity index (χ2n) is 8.59. The van der Waals surface area contributed by atoms with E-state index in [1.165, 1.54) is 0 Å². The first-order valence-electron chi connectivity index (χ1n) is 11.9. The fraction of sp³-hybridized carbons (Fsp3) is 0.179. The lowest BCUT2D eigenvalue weighted by Crippen LogP contribution is -2.23. The summed E-state index contributed by atoms with van der Waals surface area (Å²) in [6.45, 7) is 3.17. The molecule has 0 atom stereocenters. The zero-order chi connectivity index (χ0) is 25.1. The van der Waals surface area contributed by atoms with Crippen LogP contribution in [0.5, 0.6) is 0 Å². The maximum atomic E-state index is 12.9. The minimum Gasteiger partial charge on any atom is -0.395 e. The average molecular weight is 482 g/mol. The number of fused-ring (bicyclic) bond motifs is 2. The lowest BCUT2D eigenvalue weighted by Gasteiger charge is -2.09. The number of nitrogens with zero attached hydrogens (tertiary/aromatic N) is 3. The number of benzene rings is 3. The molecule has 0 fully saturated rings. The molecule has 2 amide bonds. The lowest BCUT2D eigenvalue weighted by atomic mass is 10.1. The first kappa shape index (κ1) is 23.3. The van der Waals surface area contributed by atoms with Gasteiger partial charge in [-0.2, -0.15) is 5.10 Å². The number of carbonyl (C=O) groups is 2. The van der Waals surface area contributed by atoms with Crippen molar-refractivity contribution >= 4 is 39.3 Å². The van der Waals surface area contributed by atoms with E-state index in [9.17, 15) is 14.7 Å². The van der Waals surface area contributed by atoms with E-state index in [0.29, 0.717) is 29.9 Å². The molecule has 0 aliphatic heterocycles. The van der Waals surface area contributed by atoms with Gasteiger partial charge in [0.05, 0.1) is 24.0 Å². The Morgan fingerprint density at radius 2 is 1.69 bits per heavy atom. The van der Waals surface area contributed by atoms with Crippen LogP contribution in [0.2, 0.25) is 0 Å². The molecule has 8 heteroatoms. The molecule has 5 rings (SSSR count). The summed E-state index contributed by atoms with van der Waals surface area (Å²) in [6.07, 6.45) is 4.54. The smallest absolute Gasteiger partial charge is 0.255 e. The molecular formula is C28H27N5O3. The van der Waals surface area contributed by atoms with Crippen LogP contribution < -0.4 is 10.6 Å². The van der Waals surface area contributed by atoms with Crippen LogP contribution in [-0.2, 0) is 6.54 Å². The van der Waals surface area contributed by atoms with Crippen molar-refractivity contribution in [1.82, 2.24) is 19.7 Å². The molecule has 3 N–H and O–H groups in total. The summed E-state index contributed by atoms with van der Waals surface area (Å²) in [5.41, 5.74) is 4.45. The zero-order valence-corrected chi connectivity index (χ0v) is 19.9. The zero-order valence-electron chi connectivity index (χ0n) is 19.9. The van der Waals surface area contributed by atoms with E-state index in [1.54, 1.807) is 29.1 Å². The van der Waals surface area contributed by atoms with Crippen LogP contribution in [0.1, 0.15) is 34.1 Å². The minimum absolute atomic E-state index is 0.0341. The molecule has 0 aliphatic rings. The third-order valence-electron chi connectivity index (χ3n) is 6.11. The number of nitrogens with one attached hydrogen (secondary N) is 2. The highest BCUT2D eigenvalue weighted by Gasteiger charge is 2.12. The van der Waals surface area contributed by atoms with Crippen LogP contribution in [0, 0.1) is 0 Å². The van der Waals surface area contributed by atoms with E-state index in [2.05, 4.69) is 15.7 Å². The SMILES string of the molecule is CCCNC(=O)c1ccc(-n2ncc3cc(NC(=O)c4ccc5ccn(CCO)c5c4)ccc32)cc1. The number of anilines is 1. The van der Waals surface area contributed by atoms with Gasteiger partial charge in [0, 0.05) is 47.0 Å². The molecule has 0 saturated carbocycles. The lowest BCUT2D eigenvalue weighted by molar-refractivity contribution is 0.0952. The van der Waals surface area contributed by atoms with Crippen molar-refractivity contribution in [2.45, 2.75) is 19.9 Å². The topological polar surface area (TPSA) is 101 Å². The van der Waals surface area contributed by atoms with Gasteiger partial charge in [0.15, 0.2) is 0 Å². The Kier molecular flexibility index (Phi) is 6.51. The Balaban J connectivity index is 1.34. The molecule has 36 heavy (non-hydrogen) atoms. The van der Waals surface area contributed by atoms with E-state index >= 15 is 0 Å². The summed E-state index contributed by atoms with van der Waals surface area (Å²) in [5, 5.41) is 21.5. The summed E-state index contributed by atoms with van der Waals surface area (Å²) in [5.74, 6) is -0.299. The molecule has 2 heterocycles. The van der Waals surface area contributed by atoms with Crippen molar-refractivity contribution in [2.75, 3.05) is 18.5 Å². The molecule has 2 aromatic heterocycles. The number of aliphatic hydroxyl groups excluding tert-OH is 1. The Bertz CT molecular complexity index is 1550. The van der Waals surface area contributed by atoms with Gasteiger partial charge in [-0.15, -0.1) is 0 Å². The van der Waals surface area contributed by atoms with Gasteiger partial charge in [0.1, 0.15) is 0 Å². The van der Waals surface area contributed by atoms with Crippen LogP contribution in [0.4, 0.5) is 5.69 Å². The van der Waals surface area contributed by atoms with E-state index in [-0.39, 0.29) is 18.4 Å². The van der Waals surface area contributed by atoms with Crippen molar-refractivity contribution in [3.05, 3.63) is 90.3 Å². The van der Waals surface area contributed by atoms with Crippen LogP contribution >= 0.6 is 0 Å². The molecule has 0 unspecified atom stereocenters. The number of carbonyl (C=O) groups excluding carboxylic acids is 2. The Morgan fingerprint density at radius 3 is 2.47 bits per heavy atom. The maximum absolute atomic E-state index is 12.9. The fourth-order valence-electron chi connectivity index (χ4n) is 4.24. The van der Waals surface area contributed by atoms with Gasteiger partial charge in [-0.25, -0.2) is 4.68 Å². The van der Waals surface area contributed by atoms with Crippen LogP contribution in [-0.4, -0.2) is 44.4 Å². The molecule has 0 aliphatic carbocycles. The highest BCUT2D eigenvalue weighted by atomic mass is 16.3. The molecule has 5 aromatic rings. The van der Waals surface area contributed by atoms with Crippen molar-refractivity contribution in [1.29, 1.82) is 0 Å². The molecule has 0 radical (unpaired) electrons. The first-order valence-corrected chi connectivity index (χ1v) is 11.9. The average Bonchev–Trinajstić information content (AvgIpc) is 3.51. The van der Waals surface area contributed by atoms with Gasteiger partial charge in [-0.1, -0.05) is 13.0 Å². The predicted molar refractivity (Wildman–Crippen MR) is 141 cm³/mol. The van der Waals surface area contributed by atoms with Gasteiger partial charge in [-0.05, 0) is 72.5 Å². The monoisotopic (exact) mass is 481 g/mol. The van der Waals surface area contributed by atoms with Crippen molar-refractivity contribution in [3.8, 4) is 5.69 Å². The van der Waals surface area contributed by atoms with Crippen LogP contribution in [0.15, 0.2) is 79.1 Å². The maximum Gasteiger partial charge on any atom is 0.255 e. The standard InChI is InChI=1S/C28H27N5O3/c1-2-12-29-27(35)20-5-8-24(9-6-20)33-25-10-7-23(16-22(25)18-30-33)31-28(36)21-4-3-19-11-13-32(14-15-34)26(19)17-21/h3-11,13,16-18,34H,2,12,14-15H2,1H3,(H,29,35)(H,31,36). The van der Waals surface area contributed by atoms with Gasteiger partial charge >= 0.3 is 0 Å². The molecular weight excluding hydrogens is 454 g/mol. The summed E-state index contributed by atoms with van der Waals surface area (Å²) in [6, 6.07) is 20.5. The summed E-state index contributed by atoms with van der Waals surface area (Å²) in [4.78, 5) is 25.1. The third-order valence-corrected chi connectivity index (χ3v) is 6.11. The minimum atomic E-state index is -0.211. The fourth-order valence-corrected chi connectivity index (χ4v) is 4.24. The number of aromatic nitrogens is 3. The molecule has 0 spiro atoms. The van der Waals surface area contributed by atoms with Crippen molar-refractivity contribution in [3.63, 3.8) is 0 Å². The van der Waals surface area contributed by atoms with Gasteiger partial charge in [-0.3, -0.25) is 9.59 Å². The van der Waals surface area contributed by atoms with E-state index in [1.807, 2.05) is 66.2 Å². The third kappa shape index (κ3) is 4.58. The van der Waals surface area contributed by atoms with Crippen molar-refractivity contribution in [2.24, 2.45) is 0 Å². The van der Waals surface area contributed by atoms with Gasteiger partial charge in [0.2, 0.25) is 0 Å². The second kappa shape index (κ2) is 10.1. The van der Waals surface area contributed by atoms with E-state index in [0.717, 1.165) is 33.9 Å². The number of hydrogen-bond acceptors (Lipinski definition) is 4. The quantitative estimate of drug-likeness (QED) is 0.306. The number of amides is 2. The summed E-state index contributed by atoms with van der Waals surface area (Å²) >= 11 is 0. The van der Waals surface area contributed by atoms with Crippen molar-refractivity contribution < 1.29 is 14.7 Å². The van der Waals surface area contributed by atoms with Crippen LogP contribution in [0.25, 0.3) is 27.5 Å². The predicted octanol–water partition coefficient (Wildman–Crippen LogP) is 4.36. The Hall–Kier alpha value is -4.43. The number of hydrogen-bond donors (Lipinski definition) is 3. The normalized spacial score (nSPS) is 11.2. The Morgan fingerprint density at radius 1 is 0.889 bits per heavy atom. The van der Waals surface area contributed by atoms with Crippen LogP contribution in [0.3, 0.4) is 0 Å². The highest BCUT2D eigenvalue weighted by molar-refractivity contribution is 6.07. The Labute approximate surface area is 208 Å². The molecule has 0 bridgehead atoms. The van der Waals surface area contributed by atoms with E-state index < -0.39 is 0 Å². The summed E-state index contributed by atoms with van der Waals surface area (Å²) < 4.78 is 3.73. The highest BCUT2D eigenvalue weighted by Crippen LogP contribution is 2.24. The van der Waals surface area contributed by atoms with E-state index in [4.69, 9.17) is 0 Å². The molecule has 0 saturated heterocycles. The molecule has 8 nitrogen and oxygen atoms in total. The number of rotatable bonds is 8. The first-order chi connectivity index (χ1) is 17.6. The largest absolute Gasteiger partial charge is 0.395 e.